The number of carbonyl (C=O) groups is 2. The van der Waals surface area contributed by atoms with Crippen LogP contribution in [0.1, 0.15) is 55.5 Å². The fraction of sp³-hybridized carbons (Fsp3) is 0.286. The molecular formula is C21H25N3O2. The molecule has 2 amide bonds. The summed E-state index contributed by atoms with van der Waals surface area (Å²) in [5.41, 5.74) is 5.69. The van der Waals surface area contributed by atoms with Gasteiger partial charge in [0.05, 0.1) is 5.71 Å². The Hall–Kier alpha value is -2.95. The molecule has 2 rings (SSSR count). The molecule has 26 heavy (non-hydrogen) atoms. The topological polar surface area (TPSA) is 70.6 Å². The number of rotatable bonds is 8. The van der Waals surface area contributed by atoms with Crippen LogP contribution < -0.4 is 10.7 Å². The standard InChI is InChI=1S/C21H25N3O2/c1-3-4-6-11-20(17-9-7-5-8-10-17)23-24-21(26)18-12-14-19(15-13-18)22-16(2)25/h5,7-10,12-15H,3-4,6,11H2,1-2H3,(H,22,25)(H,24,26)/b23-20-. The van der Waals surface area contributed by atoms with Gasteiger partial charge in [0.15, 0.2) is 0 Å². The van der Waals surface area contributed by atoms with E-state index in [1.54, 1.807) is 24.3 Å². The van der Waals surface area contributed by atoms with Crippen molar-refractivity contribution in [2.75, 3.05) is 5.32 Å². The van der Waals surface area contributed by atoms with Gasteiger partial charge in [-0.3, -0.25) is 9.59 Å². The van der Waals surface area contributed by atoms with Crippen molar-refractivity contribution in [2.24, 2.45) is 5.10 Å². The minimum atomic E-state index is -0.275. The van der Waals surface area contributed by atoms with E-state index in [4.69, 9.17) is 0 Å². The van der Waals surface area contributed by atoms with Crippen LogP contribution in [0.15, 0.2) is 59.7 Å². The highest BCUT2D eigenvalue weighted by atomic mass is 16.2. The van der Waals surface area contributed by atoms with Gasteiger partial charge >= 0.3 is 0 Å². The molecule has 0 heterocycles. The Labute approximate surface area is 154 Å². The Morgan fingerprint density at radius 1 is 0.923 bits per heavy atom. The number of anilines is 1. The fourth-order valence-corrected chi connectivity index (χ4v) is 2.53. The number of hydrogen-bond donors (Lipinski definition) is 2. The third-order valence-electron chi connectivity index (χ3n) is 3.88. The minimum absolute atomic E-state index is 0.147. The van der Waals surface area contributed by atoms with Crippen LogP contribution in [0.2, 0.25) is 0 Å². The van der Waals surface area contributed by atoms with Crippen LogP contribution in [-0.4, -0.2) is 17.5 Å². The van der Waals surface area contributed by atoms with Gasteiger partial charge in [0.2, 0.25) is 5.91 Å². The number of carbonyl (C=O) groups excluding carboxylic acids is 2. The van der Waals surface area contributed by atoms with Crippen LogP contribution in [0.3, 0.4) is 0 Å². The molecule has 0 aliphatic carbocycles. The molecule has 2 aromatic rings. The summed E-state index contributed by atoms with van der Waals surface area (Å²) in [5.74, 6) is -0.422. The summed E-state index contributed by atoms with van der Waals surface area (Å²) in [6.07, 6.45) is 4.12. The monoisotopic (exact) mass is 351 g/mol. The normalized spacial score (nSPS) is 11.1. The average Bonchev–Trinajstić information content (AvgIpc) is 2.65. The maximum Gasteiger partial charge on any atom is 0.271 e. The predicted molar refractivity (Wildman–Crippen MR) is 105 cm³/mol. The summed E-state index contributed by atoms with van der Waals surface area (Å²) in [7, 11) is 0. The lowest BCUT2D eigenvalue weighted by molar-refractivity contribution is -0.114. The Bertz CT molecular complexity index is 753. The molecule has 0 spiro atoms. The largest absolute Gasteiger partial charge is 0.326 e. The van der Waals surface area contributed by atoms with Gasteiger partial charge in [0.1, 0.15) is 0 Å². The second-order valence-electron chi connectivity index (χ2n) is 6.08. The molecule has 0 unspecified atom stereocenters. The number of nitrogens with zero attached hydrogens (tertiary/aromatic N) is 1. The first-order valence-corrected chi connectivity index (χ1v) is 8.90. The number of nitrogens with one attached hydrogen (secondary N) is 2. The van der Waals surface area contributed by atoms with Crippen LogP contribution in [0.4, 0.5) is 5.69 Å². The van der Waals surface area contributed by atoms with E-state index in [1.165, 1.54) is 6.92 Å². The van der Waals surface area contributed by atoms with Gasteiger partial charge in [0, 0.05) is 18.2 Å². The maximum atomic E-state index is 12.3. The molecule has 0 bridgehead atoms. The summed E-state index contributed by atoms with van der Waals surface area (Å²) in [6.45, 7) is 3.60. The lowest BCUT2D eigenvalue weighted by Crippen LogP contribution is -2.20. The molecule has 136 valence electrons. The molecule has 0 aliphatic heterocycles. The van der Waals surface area contributed by atoms with Crippen LogP contribution in [-0.2, 0) is 4.79 Å². The average molecular weight is 351 g/mol. The minimum Gasteiger partial charge on any atom is -0.326 e. The van der Waals surface area contributed by atoms with E-state index < -0.39 is 0 Å². The van der Waals surface area contributed by atoms with E-state index in [0.717, 1.165) is 37.0 Å². The third-order valence-corrected chi connectivity index (χ3v) is 3.88. The molecule has 0 saturated heterocycles. The van der Waals surface area contributed by atoms with Gasteiger partial charge in [-0.25, -0.2) is 5.43 Å². The molecule has 5 heteroatoms. The first-order valence-electron chi connectivity index (χ1n) is 8.90. The van der Waals surface area contributed by atoms with Gasteiger partial charge in [-0.1, -0.05) is 50.1 Å². The highest BCUT2D eigenvalue weighted by Gasteiger charge is 2.07. The number of amides is 2. The Balaban J connectivity index is 2.07. The van der Waals surface area contributed by atoms with Gasteiger partial charge in [-0.05, 0) is 42.7 Å². The summed E-state index contributed by atoms with van der Waals surface area (Å²) in [5, 5.41) is 7.03. The predicted octanol–water partition coefficient (Wildman–Crippen LogP) is 4.36. The van der Waals surface area contributed by atoms with Crippen LogP contribution in [0.5, 0.6) is 0 Å². The number of hydrazone groups is 1. The lowest BCUT2D eigenvalue weighted by Gasteiger charge is -2.08. The van der Waals surface area contributed by atoms with Crippen molar-refractivity contribution >= 4 is 23.2 Å². The number of unbranched alkanes of at least 4 members (excludes halogenated alkanes) is 2. The van der Waals surface area contributed by atoms with Crippen molar-refractivity contribution in [3.8, 4) is 0 Å². The van der Waals surface area contributed by atoms with Crippen molar-refractivity contribution in [3.63, 3.8) is 0 Å². The fourth-order valence-electron chi connectivity index (χ4n) is 2.53. The highest BCUT2D eigenvalue weighted by molar-refractivity contribution is 6.02. The van der Waals surface area contributed by atoms with Crippen molar-refractivity contribution < 1.29 is 9.59 Å². The smallest absolute Gasteiger partial charge is 0.271 e. The summed E-state index contributed by atoms with van der Waals surface area (Å²) in [6, 6.07) is 16.6. The van der Waals surface area contributed by atoms with Crippen molar-refractivity contribution in [1.29, 1.82) is 0 Å². The second-order valence-corrected chi connectivity index (χ2v) is 6.08. The SMILES string of the molecule is CCCCC/C(=N/NC(=O)c1ccc(NC(C)=O)cc1)c1ccccc1. The molecule has 0 atom stereocenters. The molecule has 0 aromatic heterocycles. The molecule has 2 aromatic carbocycles. The van der Waals surface area contributed by atoms with E-state index in [-0.39, 0.29) is 11.8 Å². The Morgan fingerprint density at radius 3 is 2.23 bits per heavy atom. The first kappa shape index (κ1) is 19.4. The highest BCUT2D eigenvalue weighted by Crippen LogP contribution is 2.11. The summed E-state index contributed by atoms with van der Waals surface area (Å²) in [4.78, 5) is 23.4. The van der Waals surface area contributed by atoms with E-state index in [0.29, 0.717) is 11.3 Å². The molecule has 5 nitrogen and oxygen atoms in total. The zero-order valence-electron chi connectivity index (χ0n) is 15.3. The van der Waals surface area contributed by atoms with Crippen molar-refractivity contribution in [1.82, 2.24) is 5.43 Å². The van der Waals surface area contributed by atoms with Gasteiger partial charge in [-0.15, -0.1) is 0 Å². The molecule has 0 radical (unpaired) electrons. The van der Waals surface area contributed by atoms with Crippen molar-refractivity contribution in [2.45, 2.75) is 39.5 Å². The zero-order valence-corrected chi connectivity index (χ0v) is 15.3. The lowest BCUT2D eigenvalue weighted by atomic mass is 10.0. The maximum absolute atomic E-state index is 12.3. The van der Waals surface area contributed by atoms with E-state index in [2.05, 4.69) is 22.8 Å². The van der Waals surface area contributed by atoms with E-state index in [1.807, 2.05) is 30.3 Å². The molecule has 0 aliphatic rings. The van der Waals surface area contributed by atoms with Gasteiger partial charge < -0.3 is 5.32 Å². The van der Waals surface area contributed by atoms with Gasteiger partial charge in [-0.2, -0.15) is 5.10 Å². The molecular weight excluding hydrogens is 326 g/mol. The van der Waals surface area contributed by atoms with Crippen LogP contribution >= 0.6 is 0 Å². The number of hydrogen-bond acceptors (Lipinski definition) is 3. The molecule has 2 N–H and O–H groups in total. The number of benzene rings is 2. The Morgan fingerprint density at radius 2 is 1.62 bits per heavy atom. The van der Waals surface area contributed by atoms with E-state index >= 15 is 0 Å². The zero-order chi connectivity index (χ0) is 18.8. The second kappa shape index (κ2) is 10.1. The quantitative estimate of drug-likeness (QED) is 0.421. The van der Waals surface area contributed by atoms with Gasteiger partial charge in [0.25, 0.3) is 5.91 Å². The Kier molecular flexibility index (Phi) is 7.55. The summed E-state index contributed by atoms with van der Waals surface area (Å²) < 4.78 is 0. The van der Waals surface area contributed by atoms with Crippen LogP contribution in [0.25, 0.3) is 0 Å². The van der Waals surface area contributed by atoms with E-state index in [9.17, 15) is 9.59 Å². The first-order chi connectivity index (χ1) is 12.6. The third kappa shape index (κ3) is 6.16. The summed E-state index contributed by atoms with van der Waals surface area (Å²) >= 11 is 0. The molecule has 0 fully saturated rings. The molecule has 0 saturated carbocycles. The van der Waals surface area contributed by atoms with Crippen molar-refractivity contribution in [3.05, 3.63) is 65.7 Å². The van der Waals surface area contributed by atoms with Crippen LogP contribution in [0, 0.1) is 0 Å².